The average Bonchev–Trinajstić information content (AvgIpc) is 3.05. The highest BCUT2D eigenvalue weighted by Crippen LogP contribution is 2.21. The Balaban J connectivity index is 1.37. The van der Waals surface area contributed by atoms with E-state index in [1.807, 2.05) is 36.1 Å². The number of amides is 1. The Morgan fingerprint density at radius 2 is 1.87 bits per heavy atom. The summed E-state index contributed by atoms with van der Waals surface area (Å²) in [5.41, 5.74) is 2.74. The molecule has 0 spiro atoms. The SMILES string of the molecule is COc1ccc(N2CCCN(C(=O)CCn3cnc4c(C)cccc4c3=O)CC2)cc1. The maximum atomic E-state index is 12.8. The van der Waals surface area contributed by atoms with Crippen LogP contribution >= 0.6 is 0 Å². The maximum Gasteiger partial charge on any atom is 0.261 e. The molecule has 1 amide bonds. The fourth-order valence-electron chi connectivity index (χ4n) is 4.09. The minimum Gasteiger partial charge on any atom is -0.497 e. The van der Waals surface area contributed by atoms with Crippen LogP contribution < -0.4 is 15.2 Å². The van der Waals surface area contributed by atoms with Gasteiger partial charge in [-0.1, -0.05) is 12.1 Å². The number of methoxy groups -OCH3 is 1. The summed E-state index contributed by atoms with van der Waals surface area (Å²) in [6.45, 7) is 5.38. The standard InChI is InChI=1S/C24H28N4O3/c1-18-5-3-6-21-23(18)25-17-28(24(21)30)14-11-22(29)27-13-4-12-26(15-16-27)19-7-9-20(31-2)10-8-19/h3,5-10,17H,4,11-16H2,1-2H3. The van der Waals surface area contributed by atoms with Gasteiger partial charge in [0.15, 0.2) is 0 Å². The summed E-state index contributed by atoms with van der Waals surface area (Å²) >= 11 is 0. The van der Waals surface area contributed by atoms with Gasteiger partial charge in [-0.2, -0.15) is 0 Å². The molecule has 1 aromatic heterocycles. The lowest BCUT2D eigenvalue weighted by molar-refractivity contribution is -0.131. The minimum atomic E-state index is -0.0944. The zero-order chi connectivity index (χ0) is 21.8. The van der Waals surface area contributed by atoms with Crippen molar-refractivity contribution >= 4 is 22.5 Å². The van der Waals surface area contributed by atoms with Gasteiger partial charge < -0.3 is 14.5 Å². The van der Waals surface area contributed by atoms with Crippen LogP contribution in [0.25, 0.3) is 10.9 Å². The van der Waals surface area contributed by atoms with Crippen LogP contribution in [0, 0.1) is 6.92 Å². The Morgan fingerprint density at radius 3 is 2.65 bits per heavy atom. The van der Waals surface area contributed by atoms with Crippen molar-refractivity contribution in [2.24, 2.45) is 0 Å². The Kier molecular flexibility index (Phi) is 6.21. The average molecular weight is 421 g/mol. The van der Waals surface area contributed by atoms with Gasteiger partial charge >= 0.3 is 0 Å². The van der Waals surface area contributed by atoms with Crippen molar-refractivity contribution in [1.29, 1.82) is 0 Å². The Bertz CT molecular complexity index is 1120. The second-order valence-corrected chi connectivity index (χ2v) is 7.88. The van der Waals surface area contributed by atoms with Crippen LogP contribution in [0.15, 0.2) is 53.6 Å². The van der Waals surface area contributed by atoms with E-state index < -0.39 is 0 Å². The van der Waals surface area contributed by atoms with Crippen LogP contribution in [0.3, 0.4) is 0 Å². The largest absolute Gasteiger partial charge is 0.497 e. The van der Waals surface area contributed by atoms with Crippen molar-refractivity contribution in [3.8, 4) is 5.75 Å². The summed E-state index contributed by atoms with van der Waals surface area (Å²) in [5, 5.41) is 0.597. The third-order valence-electron chi connectivity index (χ3n) is 5.91. The number of benzene rings is 2. The third-order valence-corrected chi connectivity index (χ3v) is 5.91. The molecule has 3 aromatic rings. The van der Waals surface area contributed by atoms with E-state index in [0.717, 1.165) is 48.6 Å². The zero-order valence-electron chi connectivity index (χ0n) is 18.1. The van der Waals surface area contributed by atoms with Gasteiger partial charge in [-0.3, -0.25) is 14.2 Å². The number of carbonyl (C=O) groups is 1. The van der Waals surface area contributed by atoms with Gasteiger partial charge in [0, 0.05) is 44.8 Å². The molecule has 0 saturated carbocycles. The van der Waals surface area contributed by atoms with Crippen molar-refractivity contribution in [3.05, 3.63) is 64.7 Å². The highest BCUT2D eigenvalue weighted by molar-refractivity contribution is 5.80. The fraction of sp³-hybridized carbons (Fsp3) is 0.375. The molecule has 31 heavy (non-hydrogen) atoms. The molecule has 162 valence electrons. The zero-order valence-corrected chi connectivity index (χ0v) is 18.1. The van der Waals surface area contributed by atoms with Gasteiger partial charge in [-0.25, -0.2) is 4.98 Å². The van der Waals surface area contributed by atoms with Crippen molar-refractivity contribution in [2.75, 3.05) is 38.2 Å². The predicted molar refractivity (Wildman–Crippen MR) is 122 cm³/mol. The Morgan fingerprint density at radius 1 is 1.06 bits per heavy atom. The molecule has 2 aromatic carbocycles. The molecular weight excluding hydrogens is 392 g/mol. The normalized spacial score (nSPS) is 14.5. The van der Waals surface area contributed by atoms with Crippen molar-refractivity contribution in [1.82, 2.24) is 14.5 Å². The number of aromatic nitrogens is 2. The lowest BCUT2D eigenvalue weighted by Gasteiger charge is -2.24. The summed E-state index contributed by atoms with van der Waals surface area (Å²) < 4.78 is 6.77. The molecule has 1 fully saturated rings. The topological polar surface area (TPSA) is 67.7 Å². The Labute approximate surface area is 181 Å². The van der Waals surface area contributed by atoms with Crippen LogP contribution in [-0.4, -0.2) is 53.6 Å². The van der Waals surface area contributed by atoms with Gasteiger partial charge in [0.2, 0.25) is 5.91 Å². The van der Waals surface area contributed by atoms with Gasteiger partial charge in [0.05, 0.1) is 24.3 Å². The Hall–Kier alpha value is -3.35. The van der Waals surface area contributed by atoms with Crippen LogP contribution in [0.5, 0.6) is 5.75 Å². The first-order chi connectivity index (χ1) is 15.1. The van der Waals surface area contributed by atoms with E-state index in [0.29, 0.717) is 24.9 Å². The molecule has 1 aliphatic heterocycles. The number of aryl methyl sites for hydroxylation is 2. The van der Waals surface area contributed by atoms with Crippen LogP contribution in [0.4, 0.5) is 5.69 Å². The highest BCUT2D eigenvalue weighted by atomic mass is 16.5. The molecule has 4 rings (SSSR count). The molecule has 7 nitrogen and oxygen atoms in total. The summed E-state index contributed by atoms with van der Waals surface area (Å²) in [6.07, 6.45) is 2.76. The van der Waals surface area contributed by atoms with Gasteiger partial charge in [-0.15, -0.1) is 0 Å². The summed E-state index contributed by atoms with van der Waals surface area (Å²) in [7, 11) is 1.66. The van der Waals surface area contributed by atoms with Gasteiger partial charge in [0.25, 0.3) is 5.56 Å². The van der Waals surface area contributed by atoms with Gasteiger partial charge in [-0.05, 0) is 49.2 Å². The van der Waals surface area contributed by atoms with Crippen molar-refractivity contribution < 1.29 is 9.53 Å². The number of para-hydroxylation sites is 1. The number of carbonyl (C=O) groups excluding carboxylic acids is 1. The number of hydrogen-bond donors (Lipinski definition) is 0. The molecule has 0 radical (unpaired) electrons. The monoisotopic (exact) mass is 420 g/mol. The van der Waals surface area contributed by atoms with E-state index in [9.17, 15) is 9.59 Å². The maximum absolute atomic E-state index is 12.8. The first-order valence-electron chi connectivity index (χ1n) is 10.7. The van der Waals surface area contributed by atoms with Crippen LogP contribution in [-0.2, 0) is 11.3 Å². The molecule has 2 heterocycles. The first-order valence-corrected chi connectivity index (χ1v) is 10.7. The molecule has 0 N–H and O–H groups in total. The van der Waals surface area contributed by atoms with Gasteiger partial charge in [0.1, 0.15) is 5.75 Å². The highest BCUT2D eigenvalue weighted by Gasteiger charge is 2.19. The molecule has 1 saturated heterocycles. The predicted octanol–water partition coefficient (Wildman–Crippen LogP) is 2.84. The number of anilines is 1. The van der Waals surface area contributed by atoms with E-state index in [1.165, 1.54) is 0 Å². The second kappa shape index (κ2) is 9.20. The number of hydrogen-bond acceptors (Lipinski definition) is 5. The lowest BCUT2D eigenvalue weighted by Crippen LogP contribution is -2.36. The quantitative estimate of drug-likeness (QED) is 0.635. The van der Waals surface area contributed by atoms with Crippen LogP contribution in [0.2, 0.25) is 0 Å². The molecule has 7 heteroatoms. The second-order valence-electron chi connectivity index (χ2n) is 7.88. The number of fused-ring (bicyclic) bond motifs is 1. The molecule has 0 unspecified atom stereocenters. The molecule has 1 aliphatic rings. The third kappa shape index (κ3) is 4.55. The van der Waals surface area contributed by atoms with E-state index >= 15 is 0 Å². The molecular formula is C24H28N4O3. The number of rotatable bonds is 5. The van der Waals surface area contributed by atoms with Crippen molar-refractivity contribution in [2.45, 2.75) is 26.3 Å². The smallest absolute Gasteiger partial charge is 0.261 e. The fourth-order valence-corrected chi connectivity index (χ4v) is 4.09. The molecule has 0 atom stereocenters. The first kappa shape index (κ1) is 20.9. The van der Waals surface area contributed by atoms with Crippen LogP contribution in [0.1, 0.15) is 18.4 Å². The lowest BCUT2D eigenvalue weighted by atomic mass is 10.1. The summed E-state index contributed by atoms with van der Waals surface area (Å²) in [4.78, 5) is 34.2. The number of nitrogens with zero attached hydrogens (tertiary/aromatic N) is 4. The summed E-state index contributed by atoms with van der Waals surface area (Å²) in [6, 6.07) is 13.6. The van der Waals surface area contributed by atoms with E-state index in [-0.39, 0.29) is 11.5 Å². The summed E-state index contributed by atoms with van der Waals surface area (Å²) in [5.74, 6) is 0.914. The molecule has 0 bridgehead atoms. The number of ether oxygens (including phenoxy) is 1. The molecule has 0 aliphatic carbocycles. The van der Waals surface area contributed by atoms with E-state index in [1.54, 1.807) is 24.1 Å². The minimum absolute atomic E-state index is 0.0767. The van der Waals surface area contributed by atoms with Crippen molar-refractivity contribution in [3.63, 3.8) is 0 Å². The van der Waals surface area contributed by atoms with E-state index in [2.05, 4.69) is 22.0 Å². The van der Waals surface area contributed by atoms with E-state index in [4.69, 9.17) is 4.74 Å².